The summed E-state index contributed by atoms with van der Waals surface area (Å²) in [7, 11) is 0. The van der Waals surface area contributed by atoms with E-state index in [9.17, 15) is 10.1 Å². The third-order valence-corrected chi connectivity index (χ3v) is 6.23. The normalized spacial score (nSPS) is 13.4. The summed E-state index contributed by atoms with van der Waals surface area (Å²) >= 11 is 1.58. The second kappa shape index (κ2) is 8.37. The second-order valence-electron chi connectivity index (χ2n) is 6.55. The van der Waals surface area contributed by atoms with Crippen LogP contribution in [0.2, 0.25) is 0 Å². The first-order valence-electron chi connectivity index (χ1n) is 9.38. The summed E-state index contributed by atoms with van der Waals surface area (Å²) in [5.74, 6) is -0.149. The molecule has 1 heterocycles. The lowest BCUT2D eigenvalue weighted by atomic mass is 10.1. The minimum absolute atomic E-state index is 0.149. The number of benzene rings is 1. The molecule has 0 saturated carbocycles. The molecule has 0 atom stereocenters. The number of carbonyl (C=O) groups is 1. The largest absolute Gasteiger partial charge is 0.372 e. The highest BCUT2D eigenvalue weighted by Gasteiger charge is 2.21. The van der Waals surface area contributed by atoms with Crippen molar-refractivity contribution in [3.63, 3.8) is 0 Å². The van der Waals surface area contributed by atoms with Crippen molar-refractivity contribution in [1.29, 1.82) is 5.26 Å². The summed E-state index contributed by atoms with van der Waals surface area (Å²) in [6, 6.07) is 9.99. The quantitative estimate of drug-likeness (QED) is 0.758. The van der Waals surface area contributed by atoms with E-state index in [1.54, 1.807) is 11.3 Å². The van der Waals surface area contributed by atoms with E-state index in [0.717, 1.165) is 43.6 Å². The summed E-state index contributed by atoms with van der Waals surface area (Å²) in [6.45, 7) is 6.12. The molecular formula is C21H25N3OS. The van der Waals surface area contributed by atoms with Gasteiger partial charge in [0.2, 0.25) is 0 Å². The molecule has 4 nitrogen and oxygen atoms in total. The Bertz CT molecular complexity index is 813. The van der Waals surface area contributed by atoms with Gasteiger partial charge in [0.25, 0.3) is 5.91 Å². The van der Waals surface area contributed by atoms with Gasteiger partial charge in [-0.3, -0.25) is 4.79 Å². The molecular weight excluding hydrogens is 342 g/mol. The molecule has 0 bridgehead atoms. The van der Waals surface area contributed by atoms with Crippen molar-refractivity contribution in [2.75, 3.05) is 23.3 Å². The Labute approximate surface area is 159 Å². The van der Waals surface area contributed by atoms with Gasteiger partial charge in [-0.2, -0.15) is 5.26 Å². The lowest BCUT2D eigenvalue weighted by Crippen LogP contribution is -2.21. The summed E-state index contributed by atoms with van der Waals surface area (Å²) in [5.41, 5.74) is 3.56. The number of aryl methyl sites for hydroxylation is 1. The molecule has 26 heavy (non-hydrogen) atoms. The van der Waals surface area contributed by atoms with Crippen molar-refractivity contribution >= 4 is 27.9 Å². The highest BCUT2D eigenvalue weighted by Crippen LogP contribution is 2.37. The fraction of sp³-hybridized carbons (Fsp3) is 0.429. The maximum absolute atomic E-state index is 12.7. The van der Waals surface area contributed by atoms with Gasteiger partial charge < -0.3 is 10.2 Å². The van der Waals surface area contributed by atoms with Gasteiger partial charge in [0.05, 0.1) is 5.56 Å². The first kappa shape index (κ1) is 18.5. The van der Waals surface area contributed by atoms with Crippen LogP contribution in [0.15, 0.2) is 24.3 Å². The van der Waals surface area contributed by atoms with E-state index >= 15 is 0 Å². The van der Waals surface area contributed by atoms with Crippen LogP contribution in [-0.4, -0.2) is 19.0 Å². The summed E-state index contributed by atoms with van der Waals surface area (Å²) < 4.78 is 0. The standard InChI is InChI=1S/C21H25N3OS/c1-3-24(4-2)16-12-10-15(11-13-16)20(25)23-21-18(14-22)17-8-6-5-7-9-19(17)26-21/h10-13H,3-9H2,1-2H3,(H,23,25). The molecule has 1 aliphatic rings. The number of nitriles is 1. The molecule has 1 amide bonds. The Kier molecular flexibility index (Phi) is 5.95. The van der Waals surface area contributed by atoms with Crippen LogP contribution in [0.25, 0.3) is 0 Å². The Morgan fingerprint density at radius 1 is 1.15 bits per heavy atom. The highest BCUT2D eigenvalue weighted by molar-refractivity contribution is 7.16. The Hall–Kier alpha value is -2.32. The fourth-order valence-electron chi connectivity index (χ4n) is 3.54. The Balaban J connectivity index is 1.79. The van der Waals surface area contributed by atoms with Crippen LogP contribution in [0, 0.1) is 11.3 Å². The number of hydrogen-bond donors (Lipinski definition) is 1. The molecule has 1 aromatic heterocycles. The third kappa shape index (κ3) is 3.76. The fourth-order valence-corrected chi connectivity index (χ4v) is 4.77. The second-order valence-corrected chi connectivity index (χ2v) is 7.66. The number of amides is 1. The van der Waals surface area contributed by atoms with Gasteiger partial charge in [-0.25, -0.2) is 0 Å². The monoisotopic (exact) mass is 367 g/mol. The number of rotatable bonds is 5. The van der Waals surface area contributed by atoms with Gasteiger partial charge in [-0.15, -0.1) is 11.3 Å². The van der Waals surface area contributed by atoms with Crippen molar-refractivity contribution in [2.45, 2.75) is 46.0 Å². The predicted molar refractivity (Wildman–Crippen MR) is 108 cm³/mol. The molecule has 136 valence electrons. The third-order valence-electron chi connectivity index (χ3n) is 5.02. The van der Waals surface area contributed by atoms with Crippen molar-refractivity contribution in [1.82, 2.24) is 0 Å². The Morgan fingerprint density at radius 2 is 1.85 bits per heavy atom. The summed E-state index contributed by atoms with van der Waals surface area (Å²) in [6.07, 6.45) is 5.47. The molecule has 3 rings (SSSR count). The smallest absolute Gasteiger partial charge is 0.256 e. The van der Waals surface area contributed by atoms with Crippen molar-refractivity contribution in [2.24, 2.45) is 0 Å². The average Bonchev–Trinajstić information content (AvgIpc) is 2.82. The number of fused-ring (bicyclic) bond motifs is 1. The van der Waals surface area contributed by atoms with Crippen LogP contribution in [0.3, 0.4) is 0 Å². The maximum Gasteiger partial charge on any atom is 0.256 e. The van der Waals surface area contributed by atoms with Crippen LogP contribution < -0.4 is 10.2 Å². The van der Waals surface area contributed by atoms with E-state index in [1.807, 2.05) is 24.3 Å². The van der Waals surface area contributed by atoms with Crippen molar-refractivity contribution in [3.8, 4) is 6.07 Å². The summed E-state index contributed by atoms with van der Waals surface area (Å²) in [4.78, 5) is 16.2. The number of hydrogen-bond acceptors (Lipinski definition) is 4. The van der Waals surface area contributed by atoms with Gasteiger partial charge >= 0.3 is 0 Å². The van der Waals surface area contributed by atoms with E-state index in [1.165, 1.54) is 17.7 Å². The van der Waals surface area contributed by atoms with Crippen LogP contribution in [0.1, 0.15) is 59.5 Å². The number of nitrogens with zero attached hydrogens (tertiary/aromatic N) is 2. The molecule has 1 aromatic carbocycles. The highest BCUT2D eigenvalue weighted by atomic mass is 32.1. The SMILES string of the molecule is CCN(CC)c1ccc(C(=O)Nc2sc3c(c2C#N)CCCCC3)cc1. The lowest BCUT2D eigenvalue weighted by molar-refractivity contribution is 0.102. The molecule has 0 spiro atoms. The van der Waals surface area contributed by atoms with E-state index in [-0.39, 0.29) is 5.91 Å². The number of nitrogens with one attached hydrogen (secondary N) is 1. The molecule has 0 aliphatic heterocycles. The number of carbonyl (C=O) groups excluding carboxylic acids is 1. The molecule has 0 unspecified atom stereocenters. The zero-order valence-corrected chi connectivity index (χ0v) is 16.3. The topological polar surface area (TPSA) is 56.1 Å². The first-order chi connectivity index (χ1) is 12.7. The molecule has 0 saturated heterocycles. The van der Waals surface area contributed by atoms with E-state index < -0.39 is 0 Å². The van der Waals surface area contributed by atoms with Crippen molar-refractivity contribution < 1.29 is 4.79 Å². The van der Waals surface area contributed by atoms with Gasteiger partial charge in [0, 0.05) is 29.2 Å². The average molecular weight is 368 g/mol. The lowest BCUT2D eigenvalue weighted by Gasteiger charge is -2.21. The van der Waals surface area contributed by atoms with Gasteiger partial charge in [-0.1, -0.05) is 6.42 Å². The summed E-state index contributed by atoms with van der Waals surface area (Å²) in [5, 5.41) is 13.3. The first-order valence-corrected chi connectivity index (χ1v) is 10.2. The molecule has 2 aromatic rings. The van der Waals surface area contributed by atoms with E-state index in [2.05, 4.69) is 30.1 Å². The maximum atomic E-state index is 12.7. The molecule has 1 N–H and O–H groups in total. The van der Waals surface area contributed by atoms with Crippen LogP contribution >= 0.6 is 11.3 Å². The zero-order chi connectivity index (χ0) is 18.5. The minimum atomic E-state index is -0.149. The zero-order valence-electron chi connectivity index (χ0n) is 15.5. The van der Waals surface area contributed by atoms with Gasteiger partial charge in [0.15, 0.2) is 0 Å². The van der Waals surface area contributed by atoms with Gasteiger partial charge in [0.1, 0.15) is 11.1 Å². The molecule has 1 aliphatic carbocycles. The number of anilines is 2. The van der Waals surface area contributed by atoms with Crippen LogP contribution in [-0.2, 0) is 12.8 Å². The molecule has 0 radical (unpaired) electrons. The van der Waals surface area contributed by atoms with Crippen LogP contribution in [0.5, 0.6) is 0 Å². The van der Waals surface area contributed by atoms with E-state index in [0.29, 0.717) is 16.1 Å². The number of thiophene rings is 1. The van der Waals surface area contributed by atoms with E-state index in [4.69, 9.17) is 0 Å². The van der Waals surface area contributed by atoms with Gasteiger partial charge in [-0.05, 0) is 69.4 Å². The van der Waals surface area contributed by atoms with Crippen LogP contribution in [0.4, 0.5) is 10.7 Å². The minimum Gasteiger partial charge on any atom is -0.372 e. The predicted octanol–water partition coefficient (Wildman–Crippen LogP) is 4.99. The molecule has 5 heteroatoms. The Morgan fingerprint density at radius 3 is 2.50 bits per heavy atom. The van der Waals surface area contributed by atoms with Crippen molar-refractivity contribution in [3.05, 3.63) is 45.8 Å². The molecule has 0 fully saturated rings.